The van der Waals surface area contributed by atoms with Gasteiger partial charge in [0.05, 0.1) is 42.0 Å². The first kappa shape index (κ1) is 25.0. The van der Waals surface area contributed by atoms with Crippen LogP contribution >= 0.6 is 0 Å². The van der Waals surface area contributed by atoms with Crippen molar-refractivity contribution in [3.63, 3.8) is 0 Å². The number of ketones is 1. The molecule has 0 N–H and O–H groups in total. The third kappa shape index (κ3) is 3.88. The Bertz CT molecular complexity index is 1540. The number of nitrogens with zero attached hydrogens (tertiary/aromatic N) is 3. The minimum Gasteiger partial charge on any atom is -0.465 e. The minimum absolute atomic E-state index is 0.0765. The smallest absolute Gasteiger partial charge is 0.337 e. The highest BCUT2D eigenvalue weighted by atomic mass is 16.5. The fraction of sp³-hybridized carbons (Fsp3) is 0.267. The first-order valence-corrected chi connectivity index (χ1v) is 12.2. The summed E-state index contributed by atoms with van der Waals surface area (Å²) in [5.41, 5.74) is 2.99. The Labute approximate surface area is 219 Å². The molecule has 5 rings (SSSR count). The molecule has 0 saturated carbocycles. The number of rotatable bonds is 4. The zero-order valence-corrected chi connectivity index (χ0v) is 21.2. The van der Waals surface area contributed by atoms with Crippen LogP contribution in [0.2, 0.25) is 0 Å². The lowest BCUT2D eigenvalue weighted by Gasteiger charge is -2.48. The molecule has 0 aliphatic heterocycles. The Kier molecular flexibility index (Phi) is 6.37. The monoisotopic (exact) mass is 507 g/mol. The van der Waals surface area contributed by atoms with Crippen LogP contribution in [-0.4, -0.2) is 41.9 Å². The van der Waals surface area contributed by atoms with Gasteiger partial charge in [-0.05, 0) is 60.2 Å². The van der Waals surface area contributed by atoms with Gasteiger partial charge in [0, 0.05) is 17.7 Å². The molecule has 2 aromatic carbocycles. The van der Waals surface area contributed by atoms with E-state index in [1.807, 2.05) is 13.0 Å². The predicted molar refractivity (Wildman–Crippen MR) is 137 cm³/mol. The summed E-state index contributed by atoms with van der Waals surface area (Å²) in [5.74, 6) is -1.27. The van der Waals surface area contributed by atoms with E-state index >= 15 is 0 Å². The van der Waals surface area contributed by atoms with Crippen LogP contribution in [0.25, 0.3) is 11.4 Å². The molecule has 190 valence electrons. The number of aryl methyl sites for hydroxylation is 1. The van der Waals surface area contributed by atoms with Crippen molar-refractivity contribution in [1.82, 2.24) is 9.97 Å². The molecule has 0 amide bonds. The zero-order chi connectivity index (χ0) is 27.0. The van der Waals surface area contributed by atoms with Gasteiger partial charge < -0.3 is 9.47 Å². The van der Waals surface area contributed by atoms with Gasteiger partial charge in [-0.3, -0.25) is 4.79 Å². The van der Waals surface area contributed by atoms with Crippen LogP contribution in [0, 0.1) is 23.2 Å². The van der Waals surface area contributed by atoms with Gasteiger partial charge in [0.25, 0.3) is 0 Å². The van der Waals surface area contributed by atoms with Crippen LogP contribution in [-0.2, 0) is 26.1 Å². The Morgan fingerprint density at radius 2 is 1.76 bits per heavy atom. The first-order chi connectivity index (χ1) is 18.3. The molecule has 8 nitrogen and oxygen atoms in total. The molecule has 1 aromatic heterocycles. The van der Waals surface area contributed by atoms with Gasteiger partial charge in [0.15, 0.2) is 11.6 Å². The summed E-state index contributed by atoms with van der Waals surface area (Å²) in [5, 5.41) is 9.90. The summed E-state index contributed by atoms with van der Waals surface area (Å²) < 4.78 is 9.74. The fourth-order valence-corrected chi connectivity index (χ4v) is 5.76. The van der Waals surface area contributed by atoms with Crippen molar-refractivity contribution >= 4 is 17.7 Å². The number of carbonyl (C=O) groups is 3. The third-order valence-electron chi connectivity index (χ3n) is 7.67. The number of Topliss-reactive ketones (excluding diaryl/α,β-unsaturated/α-hetero) is 1. The average Bonchev–Trinajstić information content (AvgIpc) is 2.97. The van der Waals surface area contributed by atoms with Crippen molar-refractivity contribution < 1.29 is 23.9 Å². The lowest BCUT2D eigenvalue weighted by Crippen LogP contribution is -2.48. The van der Waals surface area contributed by atoms with Crippen LogP contribution in [0.4, 0.5) is 0 Å². The van der Waals surface area contributed by atoms with Gasteiger partial charge in [-0.25, -0.2) is 19.6 Å². The number of carbonyl (C=O) groups excluding carboxylic acids is 3. The topological polar surface area (TPSA) is 119 Å². The van der Waals surface area contributed by atoms with E-state index in [0.29, 0.717) is 41.1 Å². The highest BCUT2D eigenvalue weighted by Gasteiger charge is 2.53. The Morgan fingerprint density at radius 1 is 1.05 bits per heavy atom. The molecule has 3 atom stereocenters. The van der Waals surface area contributed by atoms with Gasteiger partial charge in [0.2, 0.25) is 0 Å². The number of hydrogen-bond acceptors (Lipinski definition) is 8. The van der Waals surface area contributed by atoms with E-state index in [1.165, 1.54) is 14.2 Å². The Morgan fingerprint density at radius 3 is 2.45 bits per heavy atom. The van der Waals surface area contributed by atoms with E-state index in [1.54, 1.807) is 54.7 Å². The summed E-state index contributed by atoms with van der Waals surface area (Å²) in [4.78, 5) is 47.0. The summed E-state index contributed by atoms with van der Waals surface area (Å²) in [6.45, 7) is 1.86. The maximum absolute atomic E-state index is 13.1. The average molecular weight is 508 g/mol. The zero-order valence-electron chi connectivity index (χ0n) is 21.2. The number of esters is 2. The second-order valence-corrected chi connectivity index (χ2v) is 9.55. The van der Waals surface area contributed by atoms with Gasteiger partial charge in [-0.2, -0.15) is 5.26 Å². The largest absolute Gasteiger partial charge is 0.465 e. The fourth-order valence-electron chi connectivity index (χ4n) is 5.76. The van der Waals surface area contributed by atoms with Crippen molar-refractivity contribution in [2.24, 2.45) is 11.8 Å². The van der Waals surface area contributed by atoms with E-state index in [2.05, 4.69) is 11.1 Å². The van der Waals surface area contributed by atoms with E-state index < -0.39 is 23.3 Å². The first-order valence-electron chi connectivity index (χ1n) is 12.2. The van der Waals surface area contributed by atoms with E-state index in [0.717, 1.165) is 11.1 Å². The van der Waals surface area contributed by atoms with Crippen LogP contribution < -0.4 is 0 Å². The molecular weight excluding hydrogens is 482 g/mol. The normalized spacial score (nSPS) is 21.8. The number of benzene rings is 2. The van der Waals surface area contributed by atoms with Crippen LogP contribution in [0.15, 0.2) is 66.4 Å². The standard InChI is InChI=1S/C30H25N3O5/c1-17-24-12-11-21-16-32-27(18-7-9-19(10-8-18)28(35)37-2)33-26(21)30(24,14-22(15-31)25(17)34)23-6-4-5-20(13-23)29(36)38-3/h4-10,13-14,16-17,24H,11-12H2,1-3H3/t17-,24-,30?/m0/s1. The van der Waals surface area contributed by atoms with Gasteiger partial charge in [-0.15, -0.1) is 0 Å². The van der Waals surface area contributed by atoms with Crippen molar-refractivity contribution in [2.45, 2.75) is 25.2 Å². The molecule has 0 radical (unpaired) electrons. The number of methoxy groups -OCH3 is 2. The summed E-state index contributed by atoms with van der Waals surface area (Å²) in [6.07, 6.45) is 4.88. The Balaban J connectivity index is 1.76. The summed E-state index contributed by atoms with van der Waals surface area (Å²) in [6, 6.07) is 16.0. The second-order valence-electron chi connectivity index (χ2n) is 9.55. The van der Waals surface area contributed by atoms with Gasteiger partial charge >= 0.3 is 11.9 Å². The molecule has 2 aliphatic carbocycles. The van der Waals surface area contributed by atoms with Crippen molar-refractivity contribution in [2.75, 3.05) is 14.2 Å². The highest BCUT2D eigenvalue weighted by Crippen LogP contribution is 2.53. The number of fused-ring (bicyclic) bond motifs is 3. The molecule has 8 heteroatoms. The van der Waals surface area contributed by atoms with Crippen molar-refractivity contribution in [3.8, 4) is 17.5 Å². The number of allylic oxidation sites excluding steroid dienone is 2. The molecule has 0 saturated heterocycles. The molecule has 3 aromatic rings. The Hall–Kier alpha value is -4.64. The van der Waals surface area contributed by atoms with Crippen molar-refractivity contribution in [3.05, 3.63) is 94.3 Å². The lowest BCUT2D eigenvalue weighted by molar-refractivity contribution is -0.121. The van der Waals surface area contributed by atoms with E-state index in [4.69, 9.17) is 14.5 Å². The van der Waals surface area contributed by atoms with E-state index in [-0.39, 0.29) is 17.3 Å². The molecule has 0 fully saturated rings. The van der Waals surface area contributed by atoms with E-state index in [9.17, 15) is 19.6 Å². The number of aromatic nitrogens is 2. The molecule has 1 heterocycles. The molecule has 1 unspecified atom stereocenters. The molecule has 38 heavy (non-hydrogen) atoms. The van der Waals surface area contributed by atoms with Gasteiger partial charge in [-0.1, -0.05) is 31.2 Å². The predicted octanol–water partition coefficient (Wildman–Crippen LogP) is 4.23. The quantitative estimate of drug-likeness (QED) is 0.481. The summed E-state index contributed by atoms with van der Waals surface area (Å²) >= 11 is 0. The summed E-state index contributed by atoms with van der Waals surface area (Å²) in [7, 11) is 2.65. The molecule has 0 bridgehead atoms. The number of hydrogen-bond donors (Lipinski definition) is 0. The molecular formula is C30H25N3O5. The van der Waals surface area contributed by atoms with Gasteiger partial charge in [0.1, 0.15) is 6.07 Å². The van der Waals surface area contributed by atoms with Crippen LogP contribution in [0.5, 0.6) is 0 Å². The van der Waals surface area contributed by atoms with Crippen LogP contribution in [0.1, 0.15) is 50.9 Å². The third-order valence-corrected chi connectivity index (χ3v) is 7.67. The highest BCUT2D eigenvalue weighted by molar-refractivity contribution is 6.02. The number of ether oxygens (including phenoxy) is 2. The maximum Gasteiger partial charge on any atom is 0.337 e. The lowest BCUT2D eigenvalue weighted by atomic mass is 9.54. The van der Waals surface area contributed by atoms with Crippen molar-refractivity contribution in [1.29, 1.82) is 5.26 Å². The molecule has 2 aliphatic rings. The minimum atomic E-state index is -0.931. The number of nitriles is 1. The SMILES string of the molecule is COC(=O)c1ccc(-c2ncc3c(n2)C2(c4cccc(C(=O)OC)c4)C=C(C#N)C(=O)[C@@H](C)[C@@H]2CC3)cc1. The maximum atomic E-state index is 13.1. The second kappa shape index (κ2) is 9.67. The van der Waals surface area contributed by atoms with Crippen LogP contribution in [0.3, 0.4) is 0 Å². The molecule has 0 spiro atoms.